The number of hydrogen-bond donors (Lipinski definition) is 3. The summed E-state index contributed by atoms with van der Waals surface area (Å²) >= 11 is 0. The summed E-state index contributed by atoms with van der Waals surface area (Å²) in [5.74, 6) is -2.74. The zero-order valence-corrected chi connectivity index (χ0v) is 12.0. The maximum absolute atomic E-state index is 12.0. The van der Waals surface area contributed by atoms with Gasteiger partial charge in [0.1, 0.15) is 6.04 Å². The van der Waals surface area contributed by atoms with Gasteiger partial charge < -0.3 is 15.5 Å². The number of carbonyl (C=O) groups is 3. The monoisotopic (exact) mass is 314 g/mol. The van der Waals surface area contributed by atoms with Crippen LogP contribution in [0.4, 0.5) is 0 Å². The predicted octanol–water partition coefficient (Wildman–Crippen LogP) is 1.21. The van der Waals surface area contributed by atoms with Gasteiger partial charge in [-0.15, -0.1) is 0 Å². The second-order valence-corrected chi connectivity index (χ2v) is 4.81. The van der Waals surface area contributed by atoms with Crippen LogP contribution in [0.3, 0.4) is 0 Å². The largest absolute Gasteiger partial charge is 0.480 e. The van der Waals surface area contributed by atoms with Gasteiger partial charge in [0.05, 0.1) is 5.56 Å². The molecule has 1 aromatic carbocycles. The highest BCUT2D eigenvalue weighted by atomic mass is 16.4. The molecular formula is C16H14N2O5. The average Bonchev–Trinajstić information content (AvgIpc) is 2.55. The first kappa shape index (κ1) is 16.2. The Labute approximate surface area is 131 Å². The molecule has 0 spiro atoms. The summed E-state index contributed by atoms with van der Waals surface area (Å²) in [5.41, 5.74) is 1.03. The number of hydrogen-bond acceptors (Lipinski definition) is 4. The molecule has 1 aromatic heterocycles. The van der Waals surface area contributed by atoms with Gasteiger partial charge in [-0.05, 0) is 29.8 Å². The van der Waals surface area contributed by atoms with Crippen molar-refractivity contribution in [2.75, 3.05) is 0 Å². The lowest BCUT2D eigenvalue weighted by atomic mass is 10.0. The van der Waals surface area contributed by atoms with Gasteiger partial charge in [0.15, 0.2) is 0 Å². The summed E-state index contributed by atoms with van der Waals surface area (Å²) in [4.78, 5) is 37.9. The SMILES string of the molecule is O=C(O)c1ccc(C[C@@H](NC(=O)c2ccncc2)C(=O)O)cc1. The first-order valence-electron chi connectivity index (χ1n) is 6.73. The minimum absolute atomic E-state index is 0.0477. The topological polar surface area (TPSA) is 117 Å². The summed E-state index contributed by atoms with van der Waals surface area (Å²) in [5, 5.41) is 20.5. The molecular weight excluding hydrogens is 300 g/mol. The number of aromatic carboxylic acids is 1. The van der Waals surface area contributed by atoms with Crippen LogP contribution in [-0.4, -0.2) is 39.1 Å². The Kier molecular flexibility index (Phi) is 5.03. The van der Waals surface area contributed by atoms with E-state index in [0.29, 0.717) is 11.1 Å². The quantitative estimate of drug-likeness (QED) is 0.738. The van der Waals surface area contributed by atoms with Gasteiger partial charge in [-0.25, -0.2) is 9.59 Å². The van der Waals surface area contributed by atoms with E-state index in [9.17, 15) is 19.5 Å². The Balaban J connectivity index is 2.08. The smallest absolute Gasteiger partial charge is 0.335 e. The number of amides is 1. The van der Waals surface area contributed by atoms with Crippen LogP contribution in [-0.2, 0) is 11.2 Å². The number of carboxylic acids is 2. The Hall–Kier alpha value is -3.22. The number of benzene rings is 1. The van der Waals surface area contributed by atoms with E-state index in [1.165, 1.54) is 48.8 Å². The third kappa shape index (κ3) is 4.37. The van der Waals surface area contributed by atoms with E-state index in [2.05, 4.69) is 10.3 Å². The molecule has 7 heteroatoms. The Morgan fingerprint density at radius 3 is 2.09 bits per heavy atom. The van der Waals surface area contributed by atoms with E-state index >= 15 is 0 Å². The molecule has 7 nitrogen and oxygen atoms in total. The van der Waals surface area contributed by atoms with Gasteiger partial charge in [0.2, 0.25) is 0 Å². The molecule has 3 N–H and O–H groups in total. The maximum Gasteiger partial charge on any atom is 0.335 e. The molecule has 0 fully saturated rings. The zero-order valence-electron chi connectivity index (χ0n) is 12.0. The van der Waals surface area contributed by atoms with Crippen LogP contribution in [0.25, 0.3) is 0 Å². The average molecular weight is 314 g/mol. The molecule has 2 rings (SSSR count). The molecule has 1 atom stereocenters. The first-order chi connectivity index (χ1) is 11.0. The van der Waals surface area contributed by atoms with Crippen LogP contribution in [0, 0.1) is 0 Å². The van der Waals surface area contributed by atoms with Gasteiger partial charge in [-0.2, -0.15) is 0 Å². The van der Waals surface area contributed by atoms with Crippen molar-refractivity contribution in [3.63, 3.8) is 0 Å². The van der Waals surface area contributed by atoms with E-state index < -0.39 is 23.9 Å². The number of rotatable bonds is 6. The fourth-order valence-electron chi connectivity index (χ4n) is 1.96. The molecule has 1 heterocycles. The highest BCUT2D eigenvalue weighted by Crippen LogP contribution is 2.08. The minimum Gasteiger partial charge on any atom is -0.480 e. The van der Waals surface area contributed by atoms with Crippen molar-refractivity contribution in [2.45, 2.75) is 12.5 Å². The molecule has 23 heavy (non-hydrogen) atoms. The molecule has 0 bridgehead atoms. The van der Waals surface area contributed by atoms with Crippen molar-refractivity contribution in [1.29, 1.82) is 0 Å². The second kappa shape index (κ2) is 7.17. The highest BCUT2D eigenvalue weighted by molar-refractivity contribution is 5.96. The lowest BCUT2D eigenvalue weighted by Crippen LogP contribution is -2.42. The van der Waals surface area contributed by atoms with Crippen molar-refractivity contribution < 1.29 is 24.6 Å². The zero-order chi connectivity index (χ0) is 16.8. The predicted molar refractivity (Wildman–Crippen MR) is 80.2 cm³/mol. The summed E-state index contributed by atoms with van der Waals surface area (Å²) in [6.07, 6.45) is 2.93. The molecule has 2 aromatic rings. The number of nitrogens with zero attached hydrogens (tertiary/aromatic N) is 1. The van der Waals surface area contributed by atoms with E-state index in [1.54, 1.807) is 0 Å². The summed E-state index contributed by atoms with van der Waals surface area (Å²) in [7, 11) is 0. The van der Waals surface area contributed by atoms with Crippen LogP contribution < -0.4 is 5.32 Å². The molecule has 0 aliphatic rings. The lowest BCUT2D eigenvalue weighted by Gasteiger charge is -2.14. The number of carbonyl (C=O) groups excluding carboxylic acids is 1. The number of carboxylic acid groups (broad SMARTS) is 2. The van der Waals surface area contributed by atoms with Crippen LogP contribution in [0.2, 0.25) is 0 Å². The number of aliphatic carboxylic acids is 1. The van der Waals surface area contributed by atoms with Gasteiger partial charge >= 0.3 is 11.9 Å². The molecule has 0 unspecified atom stereocenters. The van der Waals surface area contributed by atoms with Crippen molar-refractivity contribution >= 4 is 17.8 Å². The Bertz CT molecular complexity index is 713. The molecule has 0 saturated heterocycles. The van der Waals surface area contributed by atoms with Crippen LogP contribution in [0.5, 0.6) is 0 Å². The molecule has 1 amide bonds. The Morgan fingerprint density at radius 2 is 1.57 bits per heavy atom. The van der Waals surface area contributed by atoms with Crippen LogP contribution in [0.15, 0.2) is 48.8 Å². The number of aromatic nitrogens is 1. The third-order valence-corrected chi connectivity index (χ3v) is 3.19. The molecule has 0 aliphatic heterocycles. The summed E-state index contributed by atoms with van der Waals surface area (Å²) in [6.45, 7) is 0. The van der Waals surface area contributed by atoms with Crippen molar-refractivity contribution in [3.05, 3.63) is 65.5 Å². The number of nitrogens with one attached hydrogen (secondary N) is 1. The summed E-state index contributed by atoms with van der Waals surface area (Å²) < 4.78 is 0. The third-order valence-electron chi connectivity index (χ3n) is 3.19. The summed E-state index contributed by atoms with van der Waals surface area (Å²) in [6, 6.07) is 7.68. The maximum atomic E-state index is 12.0. The lowest BCUT2D eigenvalue weighted by molar-refractivity contribution is -0.139. The van der Waals surface area contributed by atoms with E-state index in [4.69, 9.17) is 5.11 Å². The normalized spacial score (nSPS) is 11.5. The van der Waals surface area contributed by atoms with Gasteiger partial charge in [-0.1, -0.05) is 12.1 Å². The fourth-order valence-corrected chi connectivity index (χ4v) is 1.96. The van der Waals surface area contributed by atoms with E-state index in [-0.39, 0.29) is 12.0 Å². The van der Waals surface area contributed by atoms with Gasteiger partial charge in [0.25, 0.3) is 5.91 Å². The van der Waals surface area contributed by atoms with Crippen molar-refractivity contribution in [3.8, 4) is 0 Å². The molecule has 0 saturated carbocycles. The molecule has 0 radical (unpaired) electrons. The minimum atomic E-state index is -1.17. The van der Waals surface area contributed by atoms with Crippen molar-refractivity contribution in [1.82, 2.24) is 10.3 Å². The van der Waals surface area contributed by atoms with Crippen LogP contribution in [0.1, 0.15) is 26.3 Å². The van der Waals surface area contributed by atoms with E-state index in [1.807, 2.05) is 0 Å². The van der Waals surface area contributed by atoms with Crippen LogP contribution >= 0.6 is 0 Å². The fraction of sp³-hybridized carbons (Fsp3) is 0.125. The second-order valence-electron chi connectivity index (χ2n) is 4.81. The van der Waals surface area contributed by atoms with Crippen molar-refractivity contribution in [2.24, 2.45) is 0 Å². The standard InChI is InChI=1S/C16H14N2O5/c19-14(11-5-7-17-8-6-11)18-13(16(22)23)9-10-1-3-12(4-2-10)15(20)21/h1-8,13H,9H2,(H,18,19)(H,20,21)(H,22,23)/t13-/m1/s1. The first-order valence-corrected chi connectivity index (χ1v) is 6.73. The number of pyridine rings is 1. The van der Waals surface area contributed by atoms with E-state index in [0.717, 1.165) is 0 Å². The van der Waals surface area contributed by atoms with Gasteiger partial charge in [0, 0.05) is 24.4 Å². The highest BCUT2D eigenvalue weighted by Gasteiger charge is 2.21. The molecule has 118 valence electrons. The Morgan fingerprint density at radius 1 is 0.957 bits per heavy atom. The van der Waals surface area contributed by atoms with Gasteiger partial charge in [-0.3, -0.25) is 9.78 Å². The molecule has 0 aliphatic carbocycles.